The van der Waals surface area contributed by atoms with E-state index in [0.29, 0.717) is 17.2 Å². The number of sulfonamides is 1. The maximum Gasteiger partial charge on any atom is 0.264 e. The highest BCUT2D eigenvalue weighted by molar-refractivity contribution is 7.92. The summed E-state index contributed by atoms with van der Waals surface area (Å²) in [6.45, 7) is 7.28. The van der Waals surface area contributed by atoms with Gasteiger partial charge in [-0.3, -0.25) is 13.9 Å². The van der Waals surface area contributed by atoms with Crippen LogP contribution in [0.15, 0.2) is 77.7 Å². The zero-order valence-corrected chi connectivity index (χ0v) is 25.7. The molecule has 2 amide bonds. The van der Waals surface area contributed by atoms with Crippen LogP contribution in [0.4, 0.5) is 5.69 Å². The molecule has 3 rings (SSSR count). The first-order chi connectivity index (χ1) is 19.5. The quantitative estimate of drug-likeness (QED) is 0.277. The monoisotopic (exact) mass is 599 g/mol. The van der Waals surface area contributed by atoms with Crippen molar-refractivity contribution in [3.05, 3.63) is 88.9 Å². The first-order valence-corrected chi connectivity index (χ1v) is 15.4. The van der Waals surface area contributed by atoms with Crippen molar-refractivity contribution in [2.45, 2.75) is 64.1 Å². The molecule has 0 aliphatic rings. The Morgan fingerprint density at radius 3 is 2.20 bits per heavy atom. The Morgan fingerprint density at radius 2 is 1.63 bits per heavy atom. The fourth-order valence-corrected chi connectivity index (χ4v) is 5.92. The fraction of sp³-hybridized carbons (Fsp3) is 0.355. The van der Waals surface area contributed by atoms with Crippen molar-refractivity contribution in [3.8, 4) is 5.75 Å². The predicted octanol–water partition coefficient (Wildman–Crippen LogP) is 5.57. The number of benzene rings is 3. The molecule has 220 valence electrons. The zero-order valence-electron chi connectivity index (χ0n) is 24.1. The van der Waals surface area contributed by atoms with E-state index in [1.807, 2.05) is 52.0 Å². The van der Waals surface area contributed by atoms with E-state index >= 15 is 0 Å². The number of carbonyl (C=O) groups is 2. The number of aryl methyl sites for hydroxylation is 1. The van der Waals surface area contributed by atoms with Crippen molar-refractivity contribution in [3.63, 3.8) is 0 Å². The molecule has 10 heteroatoms. The summed E-state index contributed by atoms with van der Waals surface area (Å²) in [7, 11) is -2.70. The first kappa shape index (κ1) is 32.0. The smallest absolute Gasteiger partial charge is 0.264 e. The van der Waals surface area contributed by atoms with E-state index in [2.05, 4.69) is 5.32 Å². The van der Waals surface area contributed by atoms with Gasteiger partial charge in [0, 0.05) is 17.6 Å². The number of carbonyl (C=O) groups excluding carboxylic acids is 2. The lowest BCUT2D eigenvalue weighted by atomic mass is 10.1. The van der Waals surface area contributed by atoms with E-state index < -0.39 is 28.5 Å². The summed E-state index contributed by atoms with van der Waals surface area (Å²) < 4.78 is 34.1. The summed E-state index contributed by atoms with van der Waals surface area (Å²) >= 11 is 6.09. The van der Waals surface area contributed by atoms with Crippen molar-refractivity contribution in [1.82, 2.24) is 10.2 Å². The molecular formula is C31H38ClN3O5S. The standard InChI is InChI=1S/C31H38ClN3O5S/c1-6-23(4)33-31(37)29(7-2)34(20-24-10-8-9-22(3)19-24)30(36)21-35(26-13-11-25(32)12-14-26)41(38,39)28-17-15-27(40-5)16-18-28/h8-19,23,29H,6-7,20-21H2,1-5H3,(H,33,37)/t23-,29+/m1/s1. The van der Waals surface area contributed by atoms with E-state index in [1.165, 1.54) is 24.1 Å². The van der Waals surface area contributed by atoms with Crippen LogP contribution in [0.25, 0.3) is 0 Å². The Labute approximate surface area is 248 Å². The average molecular weight is 600 g/mol. The third-order valence-corrected chi connectivity index (χ3v) is 8.90. The van der Waals surface area contributed by atoms with Crippen LogP contribution in [0.5, 0.6) is 5.75 Å². The van der Waals surface area contributed by atoms with Gasteiger partial charge in [0.2, 0.25) is 11.8 Å². The summed E-state index contributed by atoms with van der Waals surface area (Å²) in [4.78, 5) is 28.9. The first-order valence-electron chi connectivity index (χ1n) is 13.6. The van der Waals surface area contributed by atoms with Gasteiger partial charge in [-0.25, -0.2) is 8.42 Å². The molecule has 0 aliphatic carbocycles. The predicted molar refractivity (Wildman–Crippen MR) is 163 cm³/mol. The third kappa shape index (κ3) is 8.24. The van der Waals surface area contributed by atoms with Gasteiger partial charge < -0.3 is 15.0 Å². The number of hydrogen-bond acceptors (Lipinski definition) is 5. The average Bonchev–Trinajstić information content (AvgIpc) is 2.96. The van der Waals surface area contributed by atoms with Gasteiger partial charge in [-0.2, -0.15) is 0 Å². The summed E-state index contributed by atoms with van der Waals surface area (Å²) in [6.07, 6.45) is 1.09. The molecule has 0 saturated carbocycles. The molecule has 1 N–H and O–H groups in total. The number of anilines is 1. The van der Waals surface area contributed by atoms with Crippen molar-refractivity contribution in [1.29, 1.82) is 0 Å². The van der Waals surface area contributed by atoms with Gasteiger partial charge in [-0.05, 0) is 80.8 Å². The van der Waals surface area contributed by atoms with Gasteiger partial charge in [-0.1, -0.05) is 55.3 Å². The van der Waals surface area contributed by atoms with Crippen LogP contribution in [-0.2, 0) is 26.2 Å². The van der Waals surface area contributed by atoms with Crippen LogP contribution in [0.3, 0.4) is 0 Å². The van der Waals surface area contributed by atoms with Gasteiger partial charge in [0.05, 0.1) is 17.7 Å². The maximum absolute atomic E-state index is 14.1. The minimum Gasteiger partial charge on any atom is -0.497 e. The highest BCUT2D eigenvalue weighted by atomic mass is 35.5. The van der Waals surface area contributed by atoms with Gasteiger partial charge in [0.25, 0.3) is 10.0 Å². The lowest BCUT2D eigenvalue weighted by molar-refractivity contribution is -0.140. The van der Waals surface area contributed by atoms with Gasteiger partial charge >= 0.3 is 0 Å². The van der Waals surface area contributed by atoms with Gasteiger partial charge in [-0.15, -0.1) is 0 Å². The van der Waals surface area contributed by atoms with E-state index in [4.69, 9.17) is 16.3 Å². The Balaban J connectivity index is 2.05. The Hall–Kier alpha value is -3.56. The number of nitrogens with zero attached hydrogens (tertiary/aromatic N) is 2. The Morgan fingerprint density at radius 1 is 0.976 bits per heavy atom. The minimum atomic E-state index is -4.19. The number of ether oxygens (including phenoxy) is 1. The second kappa shape index (κ2) is 14.4. The van der Waals surface area contributed by atoms with Crippen LogP contribution in [0.2, 0.25) is 5.02 Å². The van der Waals surface area contributed by atoms with Crippen molar-refractivity contribution in [2.75, 3.05) is 18.0 Å². The van der Waals surface area contributed by atoms with Crippen LogP contribution < -0.4 is 14.4 Å². The minimum absolute atomic E-state index is 0.00663. The Kier molecular flexibility index (Phi) is 11.2. The van der Waals surface area contributed by atoms with Crippen LogP contribution in [0, 0.1) is 6.92 Å². The number of halogens is 1. The third-order valence-electron chi connectivity index (χ3n) is 6.86. The molecule has 3 aromatic rings. The molecular weight excluding hydrogens is 562 g/mol. The maximum atomic E-state index is 14.1. The molecule has 41 heavy (non-hydrogen) atoms. The lowest BCUT2D eigenvalue weighted by Crippen LogP contribution is -2.53. The number of nitrogens with one attached hydrogen (secondary N) is 1. The fourth-order valence-electron chi connectivity index (χ4n) is 4.38. The summed E-state index contributed by atoms with van der Waals surface area (Å²) in [5.74, 6) is -0.288. The topological polar surface area (TPSA) is 96.0 Å². The van der Waals surface area contributed by atoms with E-state index in [1.54, 1.807) is 36.4 Å². The van der Waals surface area contributed by atoms with Gasteiger partial charge in [0.1, 0.15) is 18.3 Å². The highest BCUT2D eigenvalue weighted by Crippen LogP contribution is 2.27. The molecule has 0 aliphatic heterocycles. The Bertz CT molecular complexity index is 1430. The lowest BCUT2D eigenvalue weighted by Gasteiger charge is -2.33. The largest absolute Gasteiger partial charge is 0.497 e. The molecule has 0 unspecified atom stereocenters. The summed E-state index contributed by atoms with van der Waals surface area (Å²) in [5, 5.41) is 3.41. The molecule has 0 fully saturated rings. The highest BCUT2D eigenvalue weighted by Gasteiger charge is 2.34. The van der Waals surface area contributed by atoms with Crippen molar-refractivity contribution < 1.29 is 22.7 Å². The van der Waals surface area contributed by atoms with Gasteiger partial charge in [0.15, 0.2) is 0 Å². The molecule has 0 aromatic heterocycles. The van der Waals surface area contributed by atoms with E-state index in [9.17, 15) is 18.0 Å². The van der Waals surface area contributed by atoms with E-state index in [-0.39, 0.29) is 29.1 Å². The molecule has 0 heterocycles. The molecule has 0 spiro atoms. The summed E-state index contributed by atoms with van der Waals surface area (Å²) in [5.41, 5.74) is 2.12. The SMILES string of the molecule is CC[C@@H](C)NC(=O)[C@H](CC)N(Cc1cccc(C)c1)C(=O)CN(c1ccc(Cl)cc1)S(=O)(=O)c1ccc(OC)cc1. The zero-order chi connectivity index (χ0) is 30.2. The van der Waals surface area contributed by atoms with E-state index in [0.717, 1.165) is 21.9 Å². The van der Waals surface area contributed by atoms with Crippen LogP contribution in [-0.4, -0.2) is 50.9 Å². The molecule has 3 aromatic carbocycles. The van der Waals surface area contributed by atoms with Crippen LogP contribution in [0.1, 0.15) is 44.7 Å². The molecule has 0 saturated heterocycles. The van der Waals surface area contributed by atoms with Crippen LogP contribution >= 0.6 is 11.6 Å². The normalized spacial score (nSPS) is 12.7. The second-order valence-corrected chi connectivity index (χ2v) is 12.2. The molecule has 8 nitrogen and oxygen atoms in total. The number of hydrogen-bond donors (Lipinski definition) is 1. The number of amides is 2. The molecule has 2 atom stereocenters. The number of methoxy groups -OCH3 is 1. The summed E-state index contributed by atoms with van der Waals surface area (Å²) in [6, 6.07) is 19.0. The number of rotatable bonds is 13. The molecule has 0 radical (unpaired) electrons. The van der Waals surface area contributed by atoms with Crippen molar-refractivity contribution >= 4 is 39.1 Å². The van der Waals surface area contributed by atoms with Crippen molar-refractivity contribution in [2.24, 2.45) is 0 Å². The second-order valence-electron chi connectivity index (χ2n) is 9.92. The molecule has 0 bridgehead atoms.